The standard InChI is InChI=1S/C13H24N4O2S/c1-11(12-5-3-6-12)16-20(18,19)13-9-15-17(10-13)8-4-7-14-2/h9-12,14,16H,3-8H2,1-2H3. The van der Waals surface area contributed by atoms with Crippen molar-refractivity contribution in [2.45, 2.75) is 50.1 Å². The summed E-state index contributed by atoms with van der Waals surface area (Å²) in [6.45, 7) is 3.55. The molecule has 1 aromatic rings. The molecule has 114 valence electrons. The van der Waals surface area contributed by atoms with Crippen LogP contribution < -0.4 is 10.0 Å². The number of nitrogens with zero attached hydrogens (tertiary/aromatic N) is 2. The van der Waals surface area contributed by atoms with Gasteiger partial charge in [0.2, 0.25) is 10.0 Å². The second-order valence-corrected chi connectivity index (χ2v) is 7.21. The highest BCUT2D eigenvalue weighted by atomic mass is 32.2. The molecule has 2 rings (SSSR count). The molecule has 0 spiro atoms. The van der Waals surface area contributed by atoms with Crippen molar-refractivity contribution in [3.63, 3.8) is 0 Å². The van der Waals surface area contributed by atoms with Crippen LogP contribution >= 0.6 is 0 Å². The molecule has 1 unspecified atom stereocenters. The van der Waals surface area contributed by atoms with Gasteiger partial charge < -0.3 is 5.32 Å². The Hall–Kier alpha value is -0.920. The highest BCUT2D eigenvalue weighted by Gasteiger charge is 2.28. The van der Waals surface area contributed by atoms with Gasteiger partial charge in [0.25, 0.3) is 0 Å². The van der Waals surface area contributed by atoms with E-state index in [9.17, 15) is 8.42 Å². The summed E-state index contributed by atoms with van der Waals surface area (Å²) < 4.78 is 28.9. The average molecular weight is 300 g/mol. The zero-order valence-corrected chi connectivity index (χ0v) is 13.0. The summed E-state index contributed by atoms with van der Waals surface area (Å²) in [5.41, 5.74) is 0. The fourth-order valence-corrected chi connectivity index (χ4v) is 3.64. The molecule has 7 heteroatoms. The molecule has 20 heavy (non-hydrogen) atoms. The fraction of sp³-hybridized carbons (Fsp3) is 0.769. The van der Waals surface area contributed by atoms with Crippen molar-refractivity contribution in [1.82, 2.24) is 19.8 Å². The number of aromatic nitrogens is 2. The molecular weight excluding hydrogens is 276 g/mol. The quantitative estimate of drug-likeness (QED) is 0.701. The summed E-state index contributed by atoms with van der Waals surface area (Å²) in [7, 11) is -1.55. The van der Waals surface area contributed by atoms with E-state index >= 15 is 0 Å². The Balaban J connectivity index is 1.94. The summed E-state index contributed by atoms with van der Waals surface area (Å²) in [6, 6.07) is 0.00129. The number of nitrogens with one attached hydrogen (secondary N) is 2. The molecule has 1 atom stereocenters. The molecule has 0 amide bonds. The van der Waals surface area contributed by atoms with E-state index in [1.54, 1.807) is 10.9 Å². The van der Waals surface area contributed by atoms with E-state index in [4.69, 9.17) is 0 Å². The number of rotatable bonds is 8. The van der Waals surface area contributed by atoms with Gasteiger partial charge in [0.15, 0.2) is 0 Å². The summed E-state index contributed by atoms with van der Waals surface area (Å²) >= 11 is 0. The Morgan fingerprint density at radius 3 is 2.85 bits per heavy atom. The number of hydrogen-bond donors (Lipinski definition) is 2. The molecule has 2 N–H and O–H groups in total. The van der Waals surface area contributed by atoms with Crippen molar-refractivity contribution in [3.8, 4) is 0 Å². The van der Waals surface area contributed by atoms with Gasteiger partial charge in [0, 0.05) is 18.8 Å². The van der Waals surface area contributed by atoms with Crippen molar-refractivity contribution < 1.29 is 8.42 Å². The minimum absolute atomic E-state index is 0.00129. The Morgan fingerprint density at radius 1 is 1.50 bits per heavy atom. The van der Waals surface area contributed by atoms with Crippen molar-refractivity contribution in [2.75, 3.05) is 13.6 Å². The summed E-state index contributed by atoms with van der Waals surface area (Å²) in [4.78, 5) is 0.258. The van der Waals surface area contributed by atoms with E-state index in [1.807, 2.05) is 14.0 Å². The number of sulfonamides is 1. The van der Waals surface area contributed by atoms with Gasteiger partial charge in [-0.1, -0.05) is 6.42 Å². The minimum Gasteiger partial charge on any atom is -0.320 e. The van der Waals surface area contributed by atoms with Gasteiger partial charge in [-0.05, 0) is 45.7 Å². The molecule has 1 aromatic heterocycles. The van der Waals surface area contributed by atoms with Crippen LogP contribution in [0.1, 0.15) is 32.6 Å². The van der Waals surface area contributed by atoms with Gasteiger partial charge in [-0.25, -0.2) is 13.1 Å². The lowest BCUT2D eigenvalue weighted by Gasteiger charge is -2.31. The molecule has 1 fully saturated rings. The van der Waals surface area contributed by atoms with E-state index in [1.165, 1.54) is 12.6 Å². The fourth-order valence-electron chi connectivity index (χ4n) is 2.37. The Bertz CT molecular complexity index is 522. The largest absolute Gasteiger partial charge is 0.320 e. The monoisotopic (exact) mass is 300 g/mol. The molecule has 1 saturated carbocycles. The van der Waals surface area contributed by atoms with Gasteiger partial charge in [-0.15, -0.1) is 0 Å². The lowest BCUT2D eigenvalue weighted by Crippen LogP contribution is -2.40. The first kappa shape index (κ1) is 15.5. The molecule has 0 bridgehead atoms. The lowest BCUT2D eigenvalue weighted by molar-refractivity contribution is 0.260. The Labute approximate surface area is 121 Å². The molecule has 1 aliphatic rings. The number of hydrogen-bond acceptors (Lipinski definition) is 4. The van der Waals surface area contributed by atoms with Crippen LogP contribution in [-0.2, 0) is 16.6 Å². The van der Waals surface area contributed by atoms with Crippen molar-refractivity contribution >= 4 is 10.0 Å². The van der Waals surface area contributed by atoms with Crippen molar-refractivity contribution in [2.24, 2.45) is 5.92 Å². The predicted octanol–water partition coefficient (Wildman–Crippen LogP) is 0.960. The van der Waals surface area contributed by atoms with Crippen LogP contribution in [0.4, 0.5) is 0 Å². The summed E-state index contributed by atoms with van der Waals surface area (Å²) in [5, 5.41) is 7.16. The van der Waals surface area contributed by atoms with Crippen LogP contribution in [0.25, 0.3) is 0 Å². The van der Waals surface area contributed by atoms with Gasteiger partial charge in [0.1, 0.15) is 4.90 Å². The normalized spacial score (nSPS) is 17.9. The van der Waals surface area contributed by atoms with Crippen LogP contribution in [0.3, 0.4) is 0 Å². The summed E-state index contributed by atoms with van der Waals surface area (Å²) in [6.07, 6.45) is 7.39. The maximum absolute atomic E-state index is 12.3. The first-order valence-corrected chi connectivity index (χ1v) is 8.70. The minimum atomic E-state index is -3.44. The van der Waals surface area contributed by atoms with Crippen LogP contribution in [0.15, 0.2) is 17.3 Å². The number of aryl methyl sites for hydroxylation is 1. The molecule has 0 saturated heterocycles. The van der Waals surface area contributed by atoms with Gasteiger partial charge in [-0.2, -0.15) is 5.10 Å². The zero-order valence-electron chi connectivity index (χ0n) is 12.2. The molecule has 0 radical (unpaired) electrons. The second-order valence-electron chi connectivity index (χ2n) is 5.50. The third kappa shape index (κ3) is 3.80. The van der Waals surface area contributed by atoms with Crippen LogP contribution in [0.2, 0.25) is 0 Å². The second kappa shape index (κ2) is 6.69. The van der Waals surface area contributed by atoms with Gasteiger partial charge in [-0.3, -0.25) is 4.68 Å². The molecule has 1 heterocycles. The SMILES string of the molecule is CNCCCn1cc(S(=O)(=O)NC(C)C2CCC2)cn1. The molecule has 0 aromatic carbocycles. The highest BCUT2D eigenvalue weighted by molar-refractivity contribution is 7.89. The predicted molar refractivity (Wildman–Crippen MR) is 77.9 cm³/mol. The van der Waals surface area contributed by atoms with E-state index in [0.717, 1.165) is 25.8 Å². The van der Waals surface area contributed by atoms with Gasteiger partial charge in [0.05, 0.1) is 6.20 Å². The van der Waals surface area contributed by atoms with E-state index in [2.05, 4.69) is 15.1 Å². The highest BCUT2D eigenvalue weighted by Crippen LogP contribution is 2.30. The topological polar surface area (TPSA) is 76.0 Å². The summed E-state index contributed by atoms with van der Waals surface area (Å²) in [5.74, 6) is 0.482. The van der Waals surface area contributed by atoms with E-state index in [0.29, 0.717) is 12.5 Å². The van der Waals surface area contributed by atoms with Crippen molar-refractivity contribution in [1.29, 1.82) is 0 Å². The van der Waals surface area contributed by atoms with Gasteiger partial charge >= 0.3 is 0 Å². The first-order valence-electron chi connectivity index (χ1n) is 7.22. The lowest BCUT2D eigenvalue weighted by atomic mass is 9.81. The zero-order chi connectivity index (χ0) is 14.6. The Morgan fingerprint density at radius 2 is 2.25 bits per heavy atom. The third-order valence-electron chi connectivity index (χ3n) is 3.93. The maximum atomic E-state index is 12.3. The molecular formula is C13H24N4O2S. The molecule has 6 nitrogen and oxygen atoms in total. The van der Waals surface area contributed by atoms with E-state index in [-0.39, 0.29) is 10.9 Å². The molecule has 1 aliphatic carbocycles. The Kier molecular flexibility index (Phi) is 5.17. The maximum Gasteiger partial charge on any atom is 0.243 e. The smallest absolute Gasteiger partial charge is 0.243 e. The van der Waals surface area contributed by atoms with Crippen LogP contribution in [0, 0.1) is 5.92 Å². The average Bonchev–Trinajstić information content (AvgIpc) is 2.75. The first-order chi connectivity index (χ1) is 9.53. The van der Waals surface area contributed by atoms with Crippen molar-refractivity contribution in [3.05, 3.63) is 12.4 Å². The van der Waals surface area contributed by atoms with E-state index < -0.39 is 10.0 Å². The molecule has 0 aliphatic heterocycles. The third-order valence-corrected chi connectivity index (χ3v) is 5.45. The van der Waals surface area contributed by atoms with Crippen LogP contribution in [0.5, 0.6) is 0 Å². The van der Waals surface area contributed by atoms with Crippen LogP contribution in [-0.4, -0.2) is 37.8 Å².